The number of halogens is 1. The fourth-order valence-corrected chi connectivity index (χ4v) is 3.08. The van der Waals surface area contributed by atoms with Crippen LogP contribution in [0.1, 0.15) is 23.6 Å². The van der Waals surface area contributed by atoms with E-state index >= 15 is 0 Å². The molecule has 1 unspecified atom stereocenters. The van der Waals surface area contributed by atoms with E-state index in [4.69, 9.17) is 0 Å². The zero-order valence-electron chi connectivity index (χ0n) is 11.1. The van der Waals surface area contributed by atoms with Gasteiger partial charge in [0.25, 0.3) is 0 Å². The fourth-order valence-electron chi connectivity index (χ4n) is 2.71. The molecule has 20 heavy (non-hydrogen) atoms. The number of benzene rings is 1. The lowest BCUT2D eigenvalue weighted by Gasteiger charge is -2.35. The molecule has 1 amide bonds. The Balaban J connectivity index is 2.07. The lowest BCUT2D eigenvalue weighted by molar-refractivity contribution is -0.127. The molecule has 0 fully saturated rings. The lowest BCUT2D eigenvalue weighted by Crippen LogP contribution is -2.48. The van der Waals surface area contributed by atoms with Crippen molar-refractivity contribution in [3.05, 3.63) is 58.1 Å². The van der Waals surface area contributed by atoms with Gasteiger partial charge in [-0.05, 0) is 42.2 Å². The van der Waals surface area contributed by atoms with Crippen LogP contribution in [0.2, 0.25) is 0 Å². The van der Waals surface area contributed by atoms with E-state index in [0.717, 1.165) is 21.2 Å². The highest BCUT2D eigenvalue weighted by atomic mass is 79.9. The zero-order chi connectivity index (χ0) is 14.2. The molecule has 1 aliphatic heterocycles. The average Bonchev–Trinajstić information content (AvgIpc) is 2.45. The summed E-state index contributed by atoms with van der Waals surface area (Å²) in [5.41, 5.74) is 2.59. The maximum absolute atomic E-state index is 12.4. The number of hydrogen-bond acceptors (Lipinski definition) is 3. The summed E-state index contributed by atoms with van der Waals surface area (Å²) in [5, 5.41) is 2.97. The van der Waals surface area contributed by atoms with Crippen molar-refractivity contribution in [1.82, 2.24) is 15.3 Å². The highest BCUT2D eigenvalue weighted by molar-refractivity contribution is 9.10. The van der Waals surface area contributed by atoms with Crippen LogP contribution in [0.15, 0.2) is 41.4 Å². The van der Waals surface area contributed by atoms with Gasteiger partial charge < -0.3 is 5.32 Å². The van der Waals surface area contributed by atoms with E-state index < -0.39 is 5.41 Å². The van der Waals surface area contributed by atoms with Gasteiger partial charge in [-0.15, -0.1) is 0 Å². The summed E-state index contributed by atoms with van der Waals surface area (Å²) >= 11 is 3.49. The van der Waals surface area contributed by atoms with Crippen molar-refractivity contribution in [2.24, 2.45) is 0 Å². The molecule has 0 radical (unpaired) electrons. The number of nitrogens with one attached hydrogen (secondary N) is 1. The quantitative estimate of drug-likeness (QED) is 0.919. The molecule has 4 nitrogen and oxygen atoms in total. The van der Waals surface area contributed by atoms with Crippen molar-refractivity contribution in [3.8, 4) is 0 Å². The van der Waals surface area contributed by atoms with E-state index in [9.17, 15) is 4.79 Å². The Bertz CT molecular complexity index is 659. The fraction of sp³-hybridized carbons (Fsp3) is 0.267. The Hall–Kier alpha value is -1.75. The van der Waals surface area contributed by atoms with Gasteiger partial charge in [-0.1, -0.05) is 22.0 Å². The minimum absolute atomic E-state index is 0.0481. The number of hydrogen-bond donors (Lipinski definition) is 1. The molecule has 1 aromatic carbocycles. The van der Waals surface area contributed by atoms with Crippen molar-refractivity contribution in [2.45, 2.75) is 25.3 Å². The summed E-state index contributed by atoms with van der Waals surface area (Å²) in [7, 11) is 0. The Labute approximate surface area is 125 Å². The van der Waals surface area contributed by atoms with Crippen LogP contribution in [0.5, 0.6) is 0 Å². The first-order valence-electron chi connectivity index (χ1n) is 6.41. The van der Waals surface area contributed by atoms with Gasteiger partial charge >= 0.3 is 0 Å². The summed E-state index contributed by atoms with van der Waals surface area (Å²) < 4.78 is 0.987. The average molecular weight is 332 g/mol. The molecule has 1 aromatic heterocycles. The number of amides is 1. The molecule has 0 spiro atoms. The highest BCUT2D eigenvalue weighted by Crippen LogP contribution is 2.35. The van der Waals surface area contributed by atoms with Gasteiger partial charge in [-0.3, -0.25) is 4.79 Å². The van der Waals surface area contributed by atoms with Gasteiger partial charge in [-0.2, -0.15) is 0 Å². The van der Waals surface area contributed by atoms with Gasteiger partial charge in [0.2, 0.25) is 5.91 Å². The maximum Gasteiger partial charge on any atom is 0.230 e. The van der Waals surface area contributed by atoms with E-state index in [1.54, 1.807) is 12.4 Å². The topological polar surface area (TPSA) is 54.9 Å². The Morgan fingerprint density at radius 2 is 2.10 bits per heavy atom. The summed E-state index contributed by atoms with van der Waals surface area (Å²) in [6.07, 6.45) is 5.61. The van der Waals surface area contributed by atoms with Crippen molar-refractivity contribution < 1.29 is 4.79 Å². The van der Waals surface area contributed by atoms with Crippen molar-refractivity contribution in [1.29, 1.82) is 0 Å². The smallest absolute Gasteiger partial charge is 0.230 e. The number of carbonyl (C=O) groups excluding carboxylic acids is 1. The second-order valence-corrected chi connectivity index (χ2v) is 6.16. The molecule has 5 heteroatoms. The van der Waals surface area contributed by atoms with Crippen molar-refractivity contribution in [3.63, 3.8) is 0 Å². The van der Waals surface area contributed by atoms with Crippen molar-refractivity contribution >= 4 is 21.8 Å². The van der Waals surface area contributed by atoms with Crippen LogP contribution in [0, 0.1) is 0 Å². The number of rotatable bonds is 2. The summed E-state index contributed by atoms with van der Waals surface area (Å²) in [5.74, 6) is 0.0481. The number of fused-ring (bicyclic) bond motifs is 1. The molecular weight excluding hydrogens is 318 g/mol. The number of aromatic nitrogens is 2. The predicted molar refractivity (Wildman–Crippen MR) is 79.1 cm³/mol. The molecule has 0 aliphatic carbocycles. The zero-order valence-corrected chi connectivity index (χ0v) is 12.6. The summed E-state index contributed by atoms with van der Waals surface area (Å²) in [6.45, 7) is 2.56. The van der Waals surface area contributed by atoms with E-state index in [1.807, 2.05) is 19.1 Å². The van der Waals surface area contributed by atoms with Gasteiger partial charge in [0.05, 0.1) is 5.41 Å². The normalized spacial score (nSPS) is 21.2. The minimum atomic E-state index is -0.595. The molecule has 2 aromatic rings. The van der Waals surface area contributed by atoms with Crippen LogP contribution in [0.4, 0.5) is 0 Å². The third-order valence-electron chi connectivity index (χ3n) is 3.78. The highest BCUT2D eigenvalue weighted by Gasteiger charge is 2.40. The second kappa shape index (κ2) is 4.98. The van der Waals surface area contributed by atoms with Crippen LogP contribution >= 0.6 is 15.9 Å². The van der Waals surface area contributed by atoms with Crippen LogP contribution in [0.3, 0.4) is 0 Å². The molecule has 1 aliphatic rings. The van der Waals surface area contributed by atoms with Gasteiger partial charge in [0.15, 0.2) is 0 Å². The minimum Gasteiger partial charge on any atom is -0.351 e. The van der Waals surface area contributed by atoms with Gasteiger partial charge in [0.1, 0.15) is 6.33 Å². The molecule has 1 N–H and O–H groups in total. The third-order valence-corrected chi connectivity index (χ3v) is 4.27. The first kappa shape index (κ1) is 13.2. The van der Waals surface area contributed by atoms with E-state index in [0.29, 0.717) is 13.0 Å². The van der Waals surface area contributed by atoms with Crippen LogP contribution < -0.4 is 5.32 Å². The molecule has 0 saturated heterocycles. The number of nitrogens with zero attached hydrogens (tertiary/aromatic N) is 2. The maximum atomic E-state index is 12.4. The first-order valence-corrected chi connectivity index (χ1v) is 7.20. The molecule has 102 valence electrons. The molecule has 1 atom stereocenters. The summed E-state index contributed by atoms with van der Waals surface area (Å²) in [4.78, 5) is 20.5. The van der Waals surface area contributed by atoms with Crippen molar-refractivity contribution in [2.75, 3.05) is 0 Å². The Morgan fingerprint density at radius 3 is 2.85 bits per heavy atom. The van der Waals surface area contributed by atoms with Crippen LogP contribution in [-0.4, -0.2) is 15.9 Å². The lowest BCUT2D eigenvalue weighted by atomic mass is 9.73. The molecule has 3 rings (SSSR count). The Kier molecular flexibility index (Phi) is 3.30. The second-order valence-electron chi connectivity index (χ2n) is 5.24. The van der Waals surface area contributed by atoms with Gasteiger partial charge in [0, 0.05) is 23.4 Å². The monoisotopic (exact) mass is 331 g/mol. The van der Waals surface area contributed by atoms with Crippen LogP contribution in [0.25, 0.3) is 0 Å². The summed E-state index contributed by atoms with van der Waals surface area (Å²) in [6, 6.07) is 6.10. The van der Waals surface area contributed by atoms with E-state index in [2.05, 4.69) is 37.3 Å². The molecule has 0 bridgehead atoms. The van der Waals surface area contributed by atoms with E-state index in [-0.39, 0.29) is 5.91 Å². The largest absolute Gasteiger partial charge is 0.351 e. The molecule has 0 saturated carbocycles. The van der Waals surface area contributed by atoms with Crippen LogP contribution in [-0.2, 0) is 23.2 Å². The number of carbonyl (C=O) groups is 1. The Morgan fingerprint density at radius 1 is 1.35 bits per heavy atom. The van der Waals surface area contributed by atoms with Gasteiger partial charge in [-0.25, -0.2) is 9.97 Å². The molecule has 2 heterocycles. The predicted octanol–water partition coefficient (Wildman–Crippen LogP) is 2.37. The first-order chi connectivity index (χ1) is 9.59. The van der Waals surface area contributed by atoms with E-state index in [1.165, 1.54) is 6.33 Å². The standard InChI is InChI=1S/C15H14BrN3O/c1-15(5-10-6-17-9-18-7-10)13-4-12(16)3-2-11(13)8-19-14(15)20/h2-4,6-7,9H,5,8H2,1H3,(H,19,20). The SMILES string of the molecule is CC1(Cc2cncnc2)C(=O)NCc2ccc(Br)cc21. The molecular formula is C15H14BrN3O. The third kappa shape index (κ3) is 2.22.